The van der Waals surface area contributed by atoms with Crippen LogP contribution in [-0.2, 0) is 77.8 Å². The van der Waals surface area contributed by atoms with Crippen molar-refractivity contribution in [1.29, 1.82) is 0 Å². The molecule has 352 valence electrons. The van der Waals surface area contributed by atoms with Crippen molar-refractivity contribution in [2.45, 2.75) is 140 Å². The number of aromatic nitrogens is 2. The minimum atomic E-state index is -3.37. The third-order valence-corrected chi connectivity index (χ3v) is 13.6. The summed E-state index contributed by atoms with van der Waals surface area (Å²) in [5.74, 6) is -2.21. The number of unbranched alkanes of at least 4 members (excludes halogenated alkanes) is 3. The highest BCUT2D eigenvalue weighted by molar-refractivity contribution is 7.90. The molecule has 4 aromatic rings. The number of anilines is 1. The van der Waals surface area contributed by atoms with E-state index >= 15 is 0 Å². The Morgan fingerprint density at radius 1 is 0.848 bits per heavy atom. The minimum absolute atomic E-state index is 0.108. The predicted molar refractivity (Wildman–Crippen MR) is 246 cm³/mol. The van der Waals surface area contributed by atoms with Crippen LogP contribution in [0.15, 0.2) is 64.3 Å². The second-order valence-electron chi connectivity index (χ2n) is 18.7. The molecule has 1 saturated heterocycles. The fourth-order valence-electron chi connectivity index (χ4n) is 9.11. The van der Waals surface area contributed by atoms with Crippen LogP contribution in [0, 0.1) is 0 Å². The lowest BCUT2D eigenvalue weighted by atomic mass is 9.95. The Balaban J connectivity index is 0.986. The monoisotopic (exact) mass is 925 g/mol. The molecule has 7 rings (SSSR count). The van der Waals surface area contributed by atoms with Gasteiger partial charge in [-0.15, -0.1) is 0 Å². The summed E-state index contributed by atoms with van der Waals surface area (Å²) < 4.78 is 32.2. The number of ether oxygens (including phenoxy) is 1. The van der Waals surface area contributed by atoms with E-state index in [0.717, 1.165) is 72.6 Å². The molecule has 17 nitrogen and oxygen atoms in total. The summed E-state index contributed by atoms with van der Waals surface area (Å²) in [6.45, 7) is 6.86. The number of nitrogens with zero attached hydrogens (tertiary/aromatic N) is 3. The number of hydrogen-bond acceptors (Lipinski definition) is 10. The van der Waals surface area contributed by atoms with Crippen molar-refractivity contribution in [3.8, 4) is 0 Å². The van der Waals surface area contributed by atoms with Crippen LogP contribution >= 0.6 is 0 Å². The van der Waals surface area contributed by atoms with Crippen LogP contribution in [-0.4, -0.2) is 83.2 Å². The van der Waals surface area contributed by atoms with E-state index in [4.69, 9.17) is 4.74 Å². The van der Waals surface area contributed by atoms with E-state index in [1.807, 2.05) is 18.2 Å². The van der Waals surface area contributed by atoms with Crippen molar-refractivity contribution in [3.63, 3.8) is 0 Å². The van der Waals surface area contributed by atoms with E-state index in [2.05, 4.69) is 33.4 Å². The Hall–Kier alpha value is -6.30. The molecular weight excluding hydrogens is 867 g/mol. The van der Waals surface area contributed by atoms with Crippen molar-refractivity contribution >= 4 is 62.2 Å². The van der Waals surface area contributed by atoms with Gasteiger partial charge in [-0.05, 0) is 125 Å². The number of rotatable bonds is 15. The first-order chi connectivity index (χ1) is 31.2. The molecule has 0 saturated carbocycles. The zero-order valence-corrected chi connectivity index (χ0v) is 39.1. The van der Waals surface area contributed by atoms with Gasteiger partial charge >= 0.3 is 11.8 Å². The molecule has 0 radical (unpaired) electrons. The Bertz CT molecular complexity index is 2750. The number of nitrogens with one attached hydrogen (secondary N) is 4. The molecule has 1 fully saturated rings. The van der Waals surface area contributed by atoms with Crippen LogP contribution < -0.4 is 31.9 Å². The second kappa shape index (κ2) is 19.3. The van der Waals surface area contributed by atoms with Gasteiger partial charge in [0.05, 0.1) is 21.6 Å². The number of hydrogen-bond donors (Lipinski definition) is 4. The van der Waals surface area contributed by atoms with Gasteiger partial charge in [-0.1, -0.05) is 43.2 Å². The van der Waals surface area contributed by atoms with Gasteiger partial charge in [0, 0.05) is 32.7 Å². The maximum atomic E-state index is 14.3. The van der Waals surface area contributed by atoms with Crippen molar-refractivity contribution in [1.82, 2.24) is 30.4 Å². The Morgan fingerprint density at radius 3 is 2.18 bits per heavy atom. The lowest BCUT2D eigenvalue weighted by Crippen LogP contribution is -2.57. The predicted octanol–water partition coefficient (Wildman–Crippen LogP) is 3.99. The van der Waals surface area contributed by atoms with Gasteiger partial charge in [0.15, 0.2) is 9.84 Å². The van der Waals surface area contributed by atoms with Crippen LogP contribution in [0.3, 0.4) is 0 Å². The molecule has 2 unspecified atom stereocenters. The van der Waals surface area contributed by atoms with Gasteiger partial charge in [-0.25, -0.2) is 18.0 Å². The Labute approximate surface area is 383 Å². The van der Waals surface area contributed by atoms with Gasteiger partial charge in [-0.3, -0.25) is 43.3 Å². The number of amides is 6. The standard InChI is InChI=1S/C48H59N7O10S/c1-28(42(57)49-27-30-13-17-34(18-14-30)66(6,63)64)50-44(59)39-26-33-24-31(23-32-16-19-35(45(60)55(39)41(32)33)51-46(61)65-48(2,3)4)12-10-8-7-9-11-29-15-20-36-38(25-29)53(5)47(62)54(36)37-21-22-40(56)52-43(37)58/h13-15,17-18,20,23-25,28,35,37,39H,7-12,16,19,21-22,26-27H2,1-6H3,(H,49,57)(H,50,59)(H,51,61)(H,52,56,58)/t28-,35?,37?,39-/m0/s1. The molecule has 18 heteroatoms. The molecule has 4 heterocycles. The largest absolute Gasteiger partial charge is 0.444 e. The van der Waals surface area contributed by atoms with E-state index < -0.39 is 69.3 Å². The first kappa shape index (κ1) is 47.7. The summed E-state index contributed by atoms with van der Waals surface area (Å²) in [4.78, 5) is 93.6. The molecule has 0 bridgehead atoms. The van der Waals surface area contributed by atoms with Gasteiger partial charge in [0.1, 0.15) is 29.8 Å². The van der Waals surface area contributed by atoms with Gasteiger partial charge < -0.3 is 20.7 Å². The van der Waals surface area contributed by atoms with Crippen molar-refractivity contribution in [2.24, 2.45) is 7.05 Å². The molecule has 0 spiro atoms. The first-order valence-electron chi connectivity index (χ1n) is 22.6. The average Bonchev–Trinajstić information content (AvgIpc) is 3.71. The second-order valence-corrected chi connectivity index (χ2v) is 20.7. The zero-order valence-electron chi connectivity index (χ0n) is 38.3. The van der Waals surface area contributed by atoms with Gasteiger partial charge in [-0.2, -0.15) is 0 Å². The lowest BCUT2D eigenvalue weighted by molar-refractivity contribution is -0.135. The summed E-state index contributed by atoms with van der Waals surface area (Å²) in [6, 6.07) is 12.5. The third kappa shape index (κ3) is 10.7. The molecule has 6 amide bonds. The van der Waals surface area contributed by atoms with Crippen LogP contribution in [0.1, 0.15) is 106 Å². The topological polar surface area (TPSA) is 224 Å². The number of imide groups is 1. The highest BCUT2D eigenvalue weighted by atomic mass is 32.2. The summed E-state index contributed by atoms with van der Waals surface area (Å²) in [7, 11) is -1.68. The number of sulfone groups is 1. The summed E-state index contributed by atoms with van der Waals surface area (Å²) >= 11 is 0. The Kier molecular flexibility index (Phi) is 13.9. The molecule has 0 aliphatic carbocycles. The molecule has 3 aromatic carbocycles. The fourth-order valence-corrected chi connectivity index (χ4v) is 9.74. The number of carbonyl (C=O) groups excluding carboxylic acids is 6. The fraction of sp³-hybridized carbons (Fsp3) is 0.479. The number of benzene rings is 3. The van der Waals surface area contributed by atoms with Crippen molar-refractivity contribution in [3.05, 3.63) is 92.9 Å². The van der Waals surface area contributed by atoms with Crippen LogP contribution in [0.25, 0.3) is 11.0 Å². The summed E-state index contributed by atoms with van der Waals surface area (Å²) in [5, 5.41) is 10.7. The number of imidazole rings is 1. The van der Waals surface area contributed by atoms with E-state index in [0.29, 0.717) is 29.6 Å². The van der Waals surface area contributed by atoms with Crippen molar-refractivity contribution in [2.75, 3.05) is 11.2 Å². The molecule has 4 N–H and O–H groups in total. The van der Waals surface area contributed by atoms with E-state index in [-0.39, 0.29) is 42.3 Å². The molecule has 3 aliphatic rings. The summed E-state index contributed by atoms with van der Waals surface area (Å²) in [6.07, 6.45) is 7.19. The van der Waals surface area contributed by atoms with Gasteiger partial charge in [0.25, 0.3) is 0 Å². The van der Waals surface area contributed by atoms with E-state index in [1.165, 1.54) is 21.6 Å². The molecule has 4 atom stereocenters. The summed E-state index contributed by atoms with van der Waals surface area (Å²) in [5.41, 5.74) is 5.56. The molecular formula is C48H59N7O10S. The number of alkyl carbamates (subject to hydrolysis) is 1. The first-order valence-corrected chi connectivity index (χ1v) is 24.5. The molecule has 3 aliphatic heterocycles. The molecule has 66 heavy (non-hydrogen) atoms. The number of fused-ring (bicyclic) bond motifs is 1. The van der Waals surface area contributed by atoms with Crippen molar-refractivity contribution < 1.29 is 41.9 Å². The highest BCUT2D eigenvalue weighted by Gasteiger charge is 2.45. The van der Waals surface area contributed by atoms with Crippen LogP contribution in [0.2, 0.25) is 0 Å². The van der Waals surface area contributed by atoms with Crippen LogP contribution in [0.4, 0.5) is 10.5 Å². The average molecular weight is 926 g/mol. The lowest BCUT2D eigenvalue weighted by Gasteiger charge is -2.29. The number of aryl methyl sites for hydroxylation is 4. The SMILES string of the molecule is C[C@H](NC(=O)[C@@H]1Cc2cc(CCCCCCc3ccc4c(c3)n(C)c(=O)n4C3CCC(=O)NC3=O)cc3c2N1C(=O)C(NC(=O)OC(C)(C)C)CC3)C(=O)NCc1ccc(S(C)(=O)=O)cc1. The number of piperidine rings is 1. The number of carbonyl (C=O) groups is 6. The minimum Gasteiger partial charge on any atom is -0.444 e. The van der Waals surface area contributed by atoms with Crippen LogP contribution in [0.5, 0.6) is 0 Å². The maximum Gasteiger partial charge on any atom is 0.408 e. The van der Waals surface area contributed by atoms with E-state index in [9.17, 15) is 42.0 Å². The van der Waals surface area contributed by atoms with Gasteiger partial charge in [0.2, 0.25) is 29.5 Å². The van der Waals surface area contributed by atoms with E-state index in [1.54, 1.807) is 51.4 Å². The Morgan fingerprint density at radius 2 is 1.52 bits per heavy atom. The zero-order chi connectivity index (χ0) is 47.7. The maximum absolute atomic E-state index is 14.3. The smallest absolute Gasteiger partial charge is 0.408 e. The quantitative estimate of drug-likeness (QED) is 0.0992. The normalized spacial score (nSPS) is 18.9. The molecule has 1 aromatic heterocycles. The third-order valence-electron chi connectivity index (χ3n) is 12.5. The highest BCUT2D eigenvalue weighted by Crippen LogP contribution is 2.40.